The summed E-state index contributed by atoms with van der Waals surface area (Å²) >= 11 is 0. The van der Waals surface area contributed by atoms with Crippen molar-refractivity contribution in [3.05, 3.63) is 88.2 Å². The van der Waals surface area contributed by atoms with Crippen LogP contribution >= 0.6 is 0 Å². The highest BCUT2D eigenvalue weighted by molar-refractivity contribution is 5.90. The highest BCUT2D eigenvalue weighted by Crippen LogP contribution is 2.38. The predicted octanol–water partition coefficient (Wildman–Crippen LogP) is 5.89. The van der Waals surface area contributed by atoms with Crippen LogP contribution in [0.5, 0.6) is 0 Å². The van der Waals surface area contributed by atoms with Gasteiger partial charge in [0.25, 0.3) is 0 Å². The summed E-state index contributed by atoms with van der Waals surface area (Å²) in [5.41, 5.74) is 8.41. The first-order valence-electron chi connectivity index (χ1n) is 10.3. The first-order valence-corrected chi connectivity index (χ1v) is 10.3. The summed E-state index contributed by atoms with van der Waals surface area (Å²) in [5.74, 6) is 0.404. The molecule has 2 heteroatoms. The van der Waals surface area contributed by atoms with Gasteiger partial charge < -0.3 is 5.32 Å². The maximum absolute atomic E-state index is 11.7. The van der Waals surface area contributed by atoms with Crippen molar-refractivity contribution in [3.63, 3.8) is 0 Å². The zero-order chi connectivity index (χ0) is 19.7. The molecule has 0 bridgehead atoms. The van der Waals surface area contributed by atoms with E-state index in [0.29, 0.717) is 5.92 Å². The third kappa shape index (κ3) is 3.56. The van der Waals surface area contributed by atoms with Gasteiger partial charge in [-0.05, 0) is 58.6 Å². The molecule has 0 saturated carbocycles. The fourth-order valence-electron chi connectivity index (χ4n) is 4.29. The molecular formula is C26H29NO. The van der Waals surface area contributed by atoms with Crippen molar-refractivity contribution in [3.8, 4) is 0 Å². The quantitative estimate of drug-likeness (QED) is 0.671. The third-order valence-electron chi connectivity index (χ3n) is 5.96. The highest BCUT2D eigenvalue weighted by Gasteiger charge is 2.25. The van der Waals surface area contributed by atoms with Gasteiger partial charge in [-0.3, -0.25) is 4.79 Å². The molecule has 2 nitrogen and oxygen atoms in total. The Morgan fingerprint density at radius 1 is 1.18 bits per heavy atom. The molecule has 1 N–H and O–H groups in total. The monoisotopic (exact) mass is 371 g/mol. The van der Waals surface area contributed by atoms with Crippen molar-refractivity contribution in [1.29, 1.82) is 0 Å². The van der Waals surface area contributed by atoms with Crippen LogP contribution in [0.3, 0.4) is 0 Å². The first-order chi connectivity index (χ1) is 13.5. The van der Waals surface area contributed by atoms with Crippen molar-refractivity contribution >= 4 is 11.9 Å². The highest BCUT2D eigenvalue weighted by atomic mass is 16.1. The molecule has 0 aromatic heterocycles. The van der Waals surface area contributed by atoms with Gasteiger partial charge in [0.1, 0.15) is 0 Å². The zero-order valence-electron chi connectivity index (χ0n) is 17.1. The van der Waals surface area contributed by atoms with E-state index in [4.69, 9.17) is 0 Å². The van der Waals surface area contributed by atoms with Crippen molar-refractivity contribution < 1.29 is 4.79 Å². The number of rotatable bonds is 3. The second kappa shape index (κ2) is 7.43. The van der Waals surface area contributed by atoms with Gasteiger partial charge in [-0.1, -0.05) is 69.4 Å². The van der Waals surface area contributed by atoms with Crippen LogP contribution in [-0.4, -0.2) is 12.8 Å². The zero-order valence-corrected chi connectivity index (χ0v) is 17.1. The molecule has 28 heavy (non-hydrogen) atoms. The van der Waals surface area contributed by atoms with Crippen molar-refractivity contribution in [2.75, 3.05) is 6.54 Å². The minimum Gasteiger partial charge on any atom is -0.385 e. The number of hydrogen-bond acceptors (Lipinski definition) is 2. The van der Waals surface area contributed by atoms with Gasteiger partial charge >= 0.3 is 0 Å². The van der Waals surface area contributed by atoms with Crippen LogP contribution in [0.2, 0.25) is 0 Å². The van der Waals surface area contributed by atoms with Gasteiger partial charge in [-0.15, -0.1) is 0 Å². The molecule has 1 heterocycles. The van der Waals surface area contributed by atoms with Crippen LogP contribution in [0.15, 0.2) is 71.5 Å². The summed E-state index contributed by atoms with van der Waals surface area (Å²) in [5, 5.41) is 3.63. The van der Waals surface area contributed by atoms with Crippen LogP contribution in [0, 0.1) is 5.92 Å². The first kappa shape index (κ1) is 18.7. The number of carbonyl (C=O) groups excluding carboxylic acids is 1. The van der Waals surface area contributed by atoms with Gasteiger partial charge in [0, 0.05) is 23.7 Å². The normalized spacial score (nSPS) is 21.6. The van der Waals surface area contributed by atoms with Crippen LogP contribution in [0.1, 0.15) is 61.5 Å². The molecule has 1 unspecified atom stereocenters. The molecule has 1 aliphatic heterocycles. The lowest BCUT2D eigenvalue weighted by Gasteiger charge is -2.31. The van der Waals surface area contributed by atoms with Gasteiger partial charge in [0.05, 0.1) is 0 Å². The molecule has 4 rings (SSSR count). The number of nitrogens with one attached hydrogen (secondary N) is 1. The molecule has 144 valence electrons. The molecule has 0 spiro atoms. The molecule has 1 aromatic carbocycles. The van der Waals surface area contributed by atoms with Gasteiger partial charge in [0.2, 0.25) is 0 Å². The molecule has 0 saturated heterocycles. The second-order valence-electron chi connectivity index (χ2n) is 8.94. The van der Waals surface area contributed by atoms with Crippen LogP contribution in [0.25, 0.3) is 5.57 Å². The molecule has 2 aliphatic carbocycles. The fourth-order valence-corrected chi connectivity index (χ4v) is 4.29. The summed E-state index contributed by atoms with van der Waals surface area (Å²) in [6.07, 6.45) is 17.7. The number of benzene rings is 1. The van der Waals surface area contributed by atoms with E-state index in [0.717, 1.165) is 43.2 Å². The Labute approximate surface area is 168 Å². The average molecular weight is 372 g/mol. The summed E-state index contributed by atoms with van der Waals surface area (Å²) in [6.45, 7) is 7.63. The Bertz CT molecular complexity index is 947. The van der Waals surface area contributed by atoms with Crippen molar-refractivity contribution in [2.45, 2.75) is 45.4 Å². The van der Waals surface area contributed by atoms with Crippen molar-refractivity contribution in [2.24, 2.45) is 5.92 Å². The maximum atomic E-state index is 11.7. The van der Waals surface area contributed by atoms with E-state index in [1.807, 2.05) is 6.07 Å². The van der Waals surface area contributed by atoms with E-state index in [1.165, 1.54) is 28.0 Å². The van der Waals surface area contributed by atoms with Crippen LogP contribution in [0.4, 0.5) is 0 Å². The smallest absolute Gasteiger partial charge is 0.150 e. The number of aldehydes is 1. The molecule has 0 fully saturated rings. The SMILES string of the molecule is CC(C)(C)c1ccc(C=O)c(C2=CC3CCNC(C4=CC=CCC4)=C3C=C2)c1. The number of carbonyl (C=O) groups is 1. The Hall–Kier alpha value is -2.61. The van der Waals surface area contributed by atoms with Crippen LogP contribution in [-0.2, 0) is 5.41 Å². The lowest BCUT2D eigenvalue weighted by Crippen LogP contribution is -2.28. The number of hydrogen-bond donors (Lipinski definition) is 1. The van der Waals surface area contributed by atoms with E-state index >= 15 is 0 Å². The van der Waals surface area contributed by atoms with E-state index in [1.54, 1.807) is 0 Å². The molecule has 3 aliphatic rings. The minimum atomic E-state index is 0.0586. The topological polar surface area (TPSA) is 29.1 Å². The summed E-state index contributed by atoms with van der Waals surface area (Å²) in [4.78, 5) is 11.7. The molecule has 1 aromatic rings. The predicted molar refractivity (Wildman–Crippen MR) is 117 cm³/mol. The Morgan fingerprint density at radius 2 is 2.04 bits per heavy atom. The largest absolute Gasteiger partial charge is 0.385 e. The van der Waals surface area contributed by atoms with E-state index in [9.17, 15) is 4.79 Å². The van der Waals surface area contributed by atoms with Gasteiger partial charge in [0.15, 0.2) is 6.29 Å². The van der Waals surface area contributed by atoms with Gasteiger partial charge in [-0.2, -0.15) is 0 Å². The average Bonchev–Trinajstić information content (AvgIpc) is 2.72. The van der Waals surface area contributed by atoms with E-state index < -0.39 is 0 Å². The summed E-state index contributed by atoms with van der Waals surface area (Å²) in [6, 6.07) is 6.25. The third-order valence-corrected chi connectivity index (χ3v) is 5.96. The van der Waals surface area contributed by atoms with Gasteiger partial charge in [-0.25, -0.2) is 0 Å². The van der Waals surface area contributed by atoms with Crippen molar-refractivity contribution in [1.82, 2.24) is 5.32 Å². The second-order valence-corrected chi connectivity index (χ2v) is 8.94. The summed E-state index contributed by atoms with van der Waals surface area (Å²) < 4.78 is 0. The maximum Gasteiger partial charge on any atom is 0.150 e. The number of fused-ring (bicyclic) bond motifs is 1. The minimum absolute atomic E-state index is 0.0586. The van der Waals surface area contributed by atoms with E-state index in [-0.39, 0.29) is 5.41 Å². The van der Waals surface area contributed by atoms with Crippen LogP contribution < -0.4 is 5.32 Å². The lowest BCUT2D eigenvalue weighted by atomic mass is 9.79. The number of allylic oxidation sites excluding steroid dienone is 9. The standard InChI is InChI=1S/C26H29NO/c1-26(2,3)22-11-9-21(17-28)24(16-22)19-10-12-23-20(15-19)13-14-27-25(23)18-7-5-4-6-8-18/h4-5,7,9-12,15-17,20,27H,6,8,13-14H2,1-3H3. The Kier molecular flexibility index (Phi) is 4.97. The molecular weight excluding hydrogens is 342 g/mol. The fraction of sp³-hybridized carbons (Fsp3) is 0.346. The molecule has 0 radical (unpaired) electrons. The Morgan fingerprint density at radius 3 is 2.75 bits per heavy atom. The van der Waals surface area contributed by atoms with E-state index in [2.05, 4.69) is 74.7 Å². The Balaban J connectivity index is 1.74. The summed E-state index contributed by atoms with van der Waals surface area (Å²) in [7, 11) is 0. The molecule has 0 amide bonds. The molecule has 1 atom stereocenters. The lowest BCUT2D eigenvalue weighted by molar-refractivity contribution is 0.112.